The second-order valence-electron chi connectivity index (χ2n) is 9.74. The fourth-order valence-electron chi connectivity index (χ4n) is 4.97. The van der Waals surface area contributed by atoms with Crippen molar-refractivity contribution in [3.63, 3.8) is 0 Å². The van der Waals surface area contributed by atoms with E-state index < -0.39 is 10.9 Å². The van der Waals surface area contributed by atoms with E-state index in [9.17, 15) is 14.9 Å². The highest BCUT2D eigenvalue weighted by molar-refractivity contribution is 6.18. The monoisotopic (exact) mass is 551 g/mol. The molecule has 4 aromatic carbocycles. The van der Waals surface area contributed by atoms with Crippen molar-refractivity contribution < 1.29 is 24.0 Å². The molecule has 41 heavy (non-hydrogen) atoms. The van der Waals surface area contributed by atoms with Gasteiger partial charge < -0.3 is 18.9 Å². The Labute approximate surface area is 236 Å². The number of hydrogen-bond acceptors (Lipinski definition) is 7. The molecule has 0 N–H and O–H groups in total. The molecular weight excluding hydrogens is 522 g/mol. The largest absolute Gasteiger partial charge is 0.488 e. The topological polar surface area (TPSA) is 105 Å². The van der Waals surface area contributed by atoms with Crippen molar-refractivity contribution in [3.05, 3.63) is 112 Å². The number of aryl methyl sites for hydroxylation is 1. The Bertz CT molecular complexity index is 1790. The van der Waals surface area contributed by atoms with Crippen LogP contribution in [0.5, 0.6) is 5.75 Å². The predicted octanol–water partition coefficient (Wildman–Crippen LogP) is 6.73. The first-order valence-electron chi connectivity index (χ1n) is 13.1. The number of oxime groups is 1. The molecule has 0 radical (unpaired) electrons. The number of rotatable bonds is 9. The van der Waals surface area contributed by atoms with Crippen LogP contribution in [0.1, 0.15) is 30.5 Å². The first kappa shape index (κ1) is 27.5. The lowest BCUT2D eigenvalue weighted by Gasteiger charge is -2.16. The van der Waals surface area contributed by atoms with Gasteiger partial charge in [0.05, 0.1) is 22.6 Å². The van der Waals surface area contributed by atoms with Gasteiger partial charge in [-0.1, -0.05) is 29.4 Å². The Morgan fingerprint density at radius 1 is 0.976 bits per heavy atom. The van der Waals surface area contributed by atoms with Gasteiger partial charge in [-0.3, -0.25) is 10.1 Å². The van der Waals surface area contributed by atoms with Crippen molar-refractivity contribution >= 4 is 39.2 Å². The van der Waals surface area contributed by atoms with Gasteiger partial charge in [0.15, 0.2) is 0 Å². The van der Waals surface area contributed by atoms with E-state index >= 15 is 0 Å². The van der Waals surface area contributed by atoms with Crippen molar-refractivity contribution in [1.29, 1.82) is 0 Å². The van der Waals surface area contributed by atoms with E-state index in [0.717, 1.165) is 38.6 Å². The lowest BCUT2D eigenvalue weighted by molar-refractivity contribution is -0.384. The minimum atomic E-state index is -0.550. The fourth-order valence-corrected chi connectivity index (χ4v) is 4.97. The van der Waals surface area contributed by atoms with Crippen molar-refractivity contribution in [2.45, 2.75) is 26.9 Å². The molecule has 5 aromatic rings. The number of nitro benzene ring substituents is 1. The van der Waals surface area contributed by atoms with Gasteiger partial charge in [-0.2, -0.15) is 0 Å². The predicted molar refractivity (Wildman–Crippen MR) is 158 cm³/mol. The van der Waals surface area contributed by atoms with Gasteiger partial charge in [0.25, 0.3) is 5.69 Å². The third-order valence-corrected chi connectivity index (χ3v) is 6.70. The van der Waals surface area contributed by atoms with Gasteiger partial charge in [0.1, 0.15) is 17.6 Å². The summed E-state index contributed by atoms with van der Waals surface area (Å²) in [5.41, 5.74) is 5.36. The summed E-state index contributed by atoms with van der Waals surface area (Å²) < 4.78 is 13.2. The number of carbonyl (C=O) groups excluding carboxylic acids is 1. The van der Waals surface area contributed by atoms with E-state index in [-0.39, 0.29) is 11.8 Å². The van der Waals surface area contributed by atoms with Crippen LogP contribution < -0.4 is 4.74 Å². The molecule has 0 aliphatic heterocycles. The number of ether oxygens (including phenoxy) is 2. The number of para-hydroxylation sites is 1. The minimum absolute atomic E-state index is 0.00190. The number of aromatic nitrogens is 1. The molecule has 0 aliphatic rings. The highest BCUT2D eigenvalue weighted by Gasteiger charge is 2.19. The maximum Gasteiger partial charge on any atom is 0.332 e. The molecule has 9 nitrogen and oxygen atoms in total. The van der Waals surface area contributed by atoms with Crippen LogP contribution in [0, 0.1) is 17.0 Å². The molecule has 0 aliphatic carbocycles. The van der Waals surface area contributed by atoms with Crippen LogP contribution in [0.15, 0.2) is 90.1 Å². The third-order valence-electron chi connectivity index (χ3n) is 6.70. The average molecular weight is 552 g/mol. The Hall–Kier alpha value is -5.02. The second kappa shape index (κ2) is 11.6. The summed E-state index contributed by atoms with van der Waals surface area (Å²) in [6.07, 6.45) is -0.132. The van der Waals surface area contributed by atoms with Gasteiger partial charge in [-0.15, -0.1) is 0 Å². The molecule has 0 saturated heterocycles. The highest BCUT2D eigenvalue weighted by Crippen LogP contribution is 2.35. The van der Waals surface area contributed by atoms with E-state index in [4.69, 9.17) is 14.3 Å². The quantitative estimate of drug-likeness (QED) is 0.0871. The first-order valence-corrected chi connectivity index (χ1v) is 13.1. The molecule has 0 saturated carbocycles. The molecule has 1 unspecified atom stereocenters. The highest BCUT2D eigenvalue weighted by atomic mass is 16.7. The summed E-state index contributed by atoms with van der Waals surface area (Å²) in [5, 5.41) is 17.4. The van der Waals surface area contributed by atoms with Gasteiger partial charge in [-0.25, -0.2) is 4.79 Å². The lowest BCUT2D eigenvalue weighted by Crippen LogP contribution is -2.18. The molecule has 208 valence electrons. The molecule has 1 aromatic heterocycles. The van der Waals surface area contributed by atoms with E-state index in [2.05, 4.69) is 9.72 Å². The molecular formula is C32H29N3O6. The number of fused-ring (bicyclic) bond motifs is 3. The van der Waals surface area contributed by atoms with Crippen LogP contribution in [0.3, 0.4) is 0 Å². The van der Waals surface area contributed by atoms with Crippen LogP contribution in [-0.2, 0) is 14.4 Å². The van der Waals surface area contributed by atoms with E-state index in [0.29, 0.717) is 23.6 Å². The summed E-state index contributed by atoms with van der Waals surface area (Å²) in [7, 11) is 1.62. The van der Waals surface area contributed by atoms with Gasteiger partial charge in [0, 0.05) is 53.8 Å². The first-order chi connectivity index (χ1) is 19.8. The molecule has 0 amide bonds. The SMILES string of the molecule is COCC(C)Oc1ccc(/C(=N/OC(C)=O)c2ccc3c(c2)c2cc([N+](=O)[O-])ccc2n3-c2ccccc2)c(C)c1. The van der Waals surface area contributed by atoms with E-state index in [1.807, 2.05) is 80.6 Å². The van der Waals surface area contributed by atoms with Crippen molar-refractivity contribution in [1.82, 2.24) is 4.57 Å². The molecule has 5 rings (SSSR count). The number of benzene rings is 4. The summed E-state index contributed by atoms with van der Waals surface area (Å²) >= 11 is 0. The minimum Gasteiger partial charge on any atom is -0.488 e. The molecule has 0 bridgehead atoms. The number of non-ortho nitro benzene ring substituents is 1. The van der Waals surface area contributed by atoms with E-state index in [1.54, 1.807) is 19.2 Å². The second-order valence-corrected chi connectivity index (χ2v) is 9.74. The fraction of sp³-hybridized carbons (Fsp3) is 0.188. The zero-order valence-electron chi connectivity index (χ0n) is 23.2. The zero-order valence-corrected chi connectivity index (χ0v) is 23.2. The Morgan fingerprint density at radius 2 is 1.68 bits per heavy atom. The standard InChI is InChI=1S/C32H29N3O6/c1-20-16-26(40-21(2)19-39-4)12-13-27(20)32(33-41-22(3)36)23-10-14-30-28(17-23)29-18-25(35(37)38)11-15-31(29)34(30)24-8-6-5-7-9-24/h5-18,21H,19H2,1-4H3/b33-32+. The number of carbonyl (C=O) groups is 1. The van der Waals surface area contributed by atoms with Crippen LogP contribution in [0.4, 0.5) is 5.69 Å². The lowest BCUT2D eigenvalue weighted by atomic mass is 9.96. The van der Waals surface area contributed by atoms with Gasteiger partial charge in [0.2, 0.25) is 0 Å². The Kier molecular flexibility index (Phi) is 7.80. The van der Waals surface area contributed by atoms with Gasteiger partial charge in [-0.05, 0) is 67.9 Å². The summed E-state index contributed by atoms with van der Waals surface area (Å²) in [4.78, 5) is 28.1. The van der Waals surface area contributed by atoms with Crippen molar-refractivity contribution in [2.75, 3.05) is 13.7 Å². The Balaban J connectivity index is 1.69. The van der Waals surface area contributed by atoms with Crippen LogP contribution >= 0.6 is 0 Å². The normalized spacial score (nSPS) is 12.4. The number of nitro groups is 1. The third kappa shape index (κ3) is 5.66. The maximum atomic E-state index is 11.8. The summed E-state index contributed by atoms with van der Waals surface area (Å²) in [5.74, 6) is 0.127. The number of methoxy groups -OCH3 is 1. The van der Waals surface area contributed by atoms with Crippen molar-refractivity contribution in [2.24, 2.45) is 5.16 Å². The van der Waals surface area contributed by atoms with Gasteiger partial charge >= 0.3 is 5.97 Å². The smallest absolute Gasteiger partial charge is 0.332 e. The number of nitrogens with zero attached hydrogens (tertiary/aromatic N) is 3. The average Bonchev–Trinajstić information content (AvgIpc) is 3.27. The van der Waals surface area contributed by atoms with Crippen molar-refractivity contribution in [3.8, 4) is 11.4 Å². The van der Waals surface area contributed by atoms with E-state index in [1.165, 1.54) is 13.0 Å². The van der Waals surface area contributed by atoms with Crippen LogP contribution in [-0.4, -0.2) is 41.0 Å². The number of hydrogen-bond donors (Lipinski definition) is 0. The van der Waals surface area contributed by atoms with Crippen LogP contribution in [0.2, 0.25) is 0 Å². The molecule has 1 atom stereocenters. The molecule has 9 heteroatoms. The van der Waals surface area contributed by atoms with Crippen LogP contribution in [0.25, 0.3) is 27.5 Å². The summed E-state index contributed by atoms with van der Waals surface area (Å²) in [6, 6.07) is 26.1. The summed E-state index contributed by atoms with van der Waals surface area (Å²) in [6.45, 7) is 5.59. The molecule has 1 heterocycles. The molecule has 0 fully saturated rings. The zero-order chi connectivity index (χ0) is 29.1. The molecule has 0 spiro atoms. The Morgan fingerprint density at radius 3 is 2.34 bits per heavy atom. The maximum absolute atomic E-state index is 11.8.